The summed E-state index contributed by atoms with van der Waals surface area (Å²) in [5.74, 6) is 0.258. The predicted molar refractivity (Wildman–Crippen MR) is 58.1 cm³/mol. The normalized spacial score (nSPS) is 15.2. The lowest BCUT2D eigenvalue weighted by Crippen LogP contribution is -2.32. The highest BCUT2D eigenvalue weighted by Gasteiger charge is 2.11. The molecule has 15 heavy (non-hydrogen) atoms. The smallest absolute Gasteiger partial charge is 0.168 e. The summed E-state index contributed by atoms with van der Waals surface area (Å²) in [5, 5.41) is 0. The van der Waals surface area contributed by atoms with Crippen LogP contribution in [-0.2, 0) is 11.3 Å². The van der Waals surface area contributed by atoms with Crippen molar-refractivity contribution in [1.82, 2.24) is 0 Å². The van der Waals surface area contributed by atoms with Crippen molar-refractivity contribution in [3.05, 3.63) is 54.4 Å². The Morgan fingerprint density at radius 3 is 2.73 bits per heavy atom. The molecule has 2 heteroatoms. The lowest BCUT2D eigenvalue weighted by Gasteiger charge is -2.05. The van der Waals surface area contributed by atoms with Crippen LogP contribution < -0.4 is 4.57 Å². The lowest BCUT2D eigenvalue weighted by atomic mass is 10.0. The standard InChI is InChI=1S/C13H14NO/c15-13-7-3-2-6-12(13)8-11-14-9-4-1-5-10-14/h1-6,9-10H,7-8,11H2/q+1. The fourth-order valence-corrected chi connectivity index (χ4v) is 1.64. The quantitative estimate of drug-likeness (QED) is 0.682. The highest BCUT2D eigenvalue weighted by atomic mass is 16.1. The summed E-state index contributed by atoms with van der Waals surface area (Å²) < 4.78 is 2.09. The second-order valence-electron chi connectivity index (χ2n) is 3.61. The summed E-state index contributed by atoms with van der Waals surface area (Å²) in [6, 6.07) is 5.98. The van der Waals surface area contributed by atoms with Crippen molar-refractivity contribution in [2.75, 3.05) is 0 Å². The van der Waals surface area contributed by atoms with Crippen molar-refractivity contribution in [1.29, 1.82) is 0 Å². The molecule has 0 atom stereocenters. The number of Topliss-reactive ketones (excluding diaryl/α,β-unsaturated/α-hetero) is 1. The first-order valence-electron chi connectivity index (χ1n) is 5.19. The Kier molecular flexibility index (Phi) is 3.08. The zero-order valence-electron chi connectivity index (χ0n) is 8.60. The molecule has 1 aliphatic rings. The zero-order chi connectivity index (χ0) is 10.5. The molecular formula is C13H14NO+. The van der Waals surface area contributed by atoms with Crippen molar-refractivity contribution in [3.8, 4) is 0 Å². The van der Waals surface area contributed by atoms with E-state index in [9.17, 15) is 4.79 Å². The van der Waals surface area contributed by atoms with E-state index in [1.165, 1.54) is 0 Å². The fourth-order valence-electron chi connectivity index (χ4n) is 1.64. The molecule has 1 aromatic rings. The summed E-state index contributed by atoms with van der Waals surface area (Å²) >= 11 is 0. The number of nitrogens with zero attached hydrogens (tertiary/aromatic N) is 1. The highest BCUT2D eigenvalue weighted by molar-refractivity contribution is 5.97. The molecule has 1 aromatic heterocycles. The van der Waals surface area contributed by atoms with Crippen LogP contribution in [0.4, 0.5) is 0 Å². The molecule has 0 bridgehead atoms. The molecule has 0 fully saturated rings. The van der Waals surface area contributed by atoms with E-state index in [0.29, 0.717) is 6.42 Å². The van der Waals surface area contributed by atoms with Gasteiger partial charge < -0.3 is 0 Å². The Labute approximate surface area is 89.6 Å². The average Bonchev–Trinajstić information content (AvgIpc) is 2.29. The molecule has 2 nitrogen and oxygen atoms in total. The van der Waals surface area contributed by atoms with Gasteiger partial charge in [0.25, 0.3) is 0 Å². The highest BCUT2D eigenvalue weighted by Crippen LogP contribution is 2.11. The monoisotopic (exact) mass is 200 g/mol. The summed E-state index contributed by atoms with van der Waals surface area (Å²) in [6.07, 6.45) is 11.2. The maximum atomic E-state index is 11.5. The van der Waals surface area contributed by atoms with Crippen molar-refractivity contribution in [3.63, 3.8) is 0 Å². The molecule has 2 rings (SSSR count). The van der Waals surface area contributed by atoms with Crippen LogP contribution in [0.1, 0.15) is 12.8 Å². The Bertz CT molecular complexity index is 404. The van der Waals surface area contributed by atoms with E-state index in [1.807, 2.05) is 48.8 Å². The number of carbonyl (C=O) groups is 1. The molecule has 0 radical (unpaired) electrons. The maximum Gasteiger partial charge on any atom is 0.168 e. The van der Waals surface area contributed by atoms with E-state index in [4.69, 9.17) is 0 Å². The van der Waals surface area contributed by atoms with Gasteiger partial charge in [-0.3, -0.25) is 4.79 Å². The molecular weight excluding hydrogens is 186 g/mol. The van der Waals surface area contributed by atoms with Gasteiger partial charge in [-0.15, -0.1) is 0 Å². The minimum absolute atomic E-state index is 0.258. The molecule has 1 aliphatic carbocycles. The van der Waals surface area contributed by atoms with Crippen LogP contribution in [0.15, 0.2) is 54.4 Å². The number of carbonyl (C=O) groups excluding carboxylic acids is 1. The first-order valence-corrected chi connectivity index (χ1v) is 5.19. The van der Waals surface area contributed by atoms with Gasteiger partial charge in [-0.05, 0) is 0 Å². The fraction of sp³-hybridized carbons (Fsp3) is 0.231. The summed E-state index contributed by atoms with van der Waals surface area (Å²) in [7, 11) is 0. The summed E-state index contributed by atoms with van der Waals surface area (Å²) in [6.45, 7) is 0.867. The third-order valence-electron chi connectivity index (χ3n) is 2.51. The van der Waals surface area contributed by atoms with Gasteiger partial charge in [0.05, 0.1) is 0 Å². The SMILES string of the molecule is O=C1CC=CC=C1CC[n+]1ccccc1. The lowest BCUT2D eigenvalue weighted by molar-refractivity contribution is -0.696. The number of hydrogen-bond donors (Lipinski definition) is 0. The van der Waals surface area contributed by atoms with Crippen molar-refractivity contribution in [2.24, 2.45) is 0 Å². The number of hydrogen-bond acceptors (Lipinski definition) is 1. The predicted octanol–water partition coefficient (Wildman–Crippen LogP) is 1.82. The molecule has 0 saturated heterocycles. The molecule has 76 valence electrons. The van der Waals surface area contributed by atoms with Crippen molar-refractivity contribution in [2.45, 2.75) is 19.4 Å². The van der Waals surface area contributed by atoms with E-state index in [1.54, 1.807) is 0 Å². The minimum Gasteiger partial charge on any atom is -0.294 e. The van der Waals surface area contributed by atoms with Crippen molar-refractivity contribution >= 4 is 5.78 Å². The molecule has 0 unspecified atom stereocenters. The third-order valence-corrected chi connectivity index (χ3v) is 2.51. The van der Waals surface area contributed by atoms with E-state index in [0.717, 1.165) is 18.5 Å². The van der Waals surface area contributed by atoms with Crippen LogP contribution >= 0.6 is 0 Å². The number of aryl methyl sites for hydroxylation is 1. The first-order chi connectivity index (χ1) is 7.36. The van der Waals surface area contributed by atoms with Gasteiger partial charge >= 0.3 is 0 Å². The van der Waals surface area contributed by atoms with Gasteiger partial charge in [0.2, 0.25) is 0 Å². The van der Waals surface area contributed by atoms with E-state index in [2.05, 4.69) is 4.57 Å². The van der Waals surface area contributed by atoms with Gasteiger partial charge in [0.15, 0.2) is 24.7 Å². The van der Waals surface area contributed by atoms with Crippen LogP contribution in [0, 0.1) is 0 Å². The van der Waals surface area contributed by atoms with Gasteiger partial charge in [0, 0.05) is 30.5 Å². The Morgan fingerprint density at radius 1 is 1.20 bits per heavy atom. The van der Waals surface area contributed by atoms with E-state index >= 15 is 0 Å². The second kappa shape index (κ2) is 4.69. The van der Waals surface area contributed by atoms with Gasteiger partial charge in [0.1, 0.15) is 0 Å². The van der Waals surface area contributed by atoms with E-state index < -0.39 is 0 Å². The van der Waals surface area contributed by atoms with E-state index in [-0.39, 0.29) is 5.78 Å². The van der Waals surface area contributed by atoms with Gasteiger partial charge in [-0.1, -0.05) is 24.3 Å². The first kappa shape index (κ1) is 9.84. The van der Waals surface area contributed by atoms with Crippen LogP contribution in [0.25, 0.3) is 0 Å². The van der Waals surface area contributed by atoms with Crippen LogP contribution in [-0.4, -0.2) is 5.78 Å². The van der Waals surface area contributed by atoms with Crippen LogP contribution in [0.3, 0.4) is 0 Å². The summed E-state index contributed by atoms with van der Waals surface area (Å²) in [5.41, 5.74) is 0.939. The number of pyridine rings is 1. The molecule has 0 N–H and O–H groups in total. The number of aromatic nitrogens is 1. The molecule has 0 saturated carbocycles. The number of rotatable bonds is 3. The Morgan fingerprint density at radius 2 is 2.00 bits per heavy atom. The number of ketones is 1. The second-order valence-corrected chi connectivity index (χ2v) is 3.61. The largest absolute Gasteiger partial charge is 0.294 e. The zero-order valence-corrected chi connectivity index (χ0v) is 8.60. The van der Waals surface area contributed by atoms with Crippen LogP contribution in [0.5, 0.6) is 0 Å². The minimum atomic E-state index is 0.258. The molecule has 0 amide bonds. The Hall–Kier alpha value is -1.70. The third kappa shape index (κ3) is 2.62. The Balaban J connectivity index is 1.96. The van der Waals surface area contributed by atoms with Gasteiger partial charge in [-0.25, -0.2) is 4.57 Å². The summed E-state index contributed by atoms with van der Waals surface area (Å²) in [4.78, 5) is 11.5. The topological polar surface area (TPSA) is 20.9 Å². The number of allylic oxidation sites excluding steroid dienone is 4. The molecule has 0 aromatic carbocycles. The molecule has 0 aliphatic heterocycles. The van der Waals surface area contributed by atoms with Crippen LogP contribution in [0.2, 0.25) is 0 Å². The molecule has 1 heterocycles. The van der Waals surface area contributed by atoms with Gasteiger partial charge in [-0.2, -0.15) is 0 Å². The maximum absolute atomic E-state index is 11.5. The van der Waals surface area contributed by atoms with Crippen molar-refractivity contribution < 1.29 is 9.36 Å². The molecule has 0 spiro atoms. The average molecular weight is 200 g/mol.